The van der Waals surface area contributed by atoms with Gasteiger partial charge in [-0.15, -0.1) is 0 Å². The zero-order chi connectivity index (χ0) is 17.2. The van der Waals surface area contributed by atoms with Gasteiger partial charge in [-0.05, 0) is 60.4 Å². The highest BCUT2D eigenvalue weighted by Crippen LogP contribution is 2.28. The number of rotatable bonds is 5. The van der Waals surface area contributed by atoms with E-state index < -0.39 is 9.84 Å². The Kier molecular flexibility index (Phi) is 4.81. The maximum absolute atomic E-state index is 11.6. The molecule has 0 amide bonds. The first kappa shape index (κ1) is 16.8. The first-order valence-electron chi connectivity index (χ1n) is 8.27. The van der Waals surface area contributed by atoms with Crippen molar-refractivity contribution in [2.45, 2.75) is 31.2 Å². The minimum Gasteiger partial charge on any atom is -0.494 e. The van der Waals surface area contributed by atoms with E-state index in [-0.39, 0.29) is 0 Å². The molecule has 4 nitrogen and oxygen atoms in total. The topological polar surface area (TPSA) is 46.6 Å². The van der Waals surface area contributed by atoms with Crippen molar-refractivity contribution in [1.29, 1.82) is 0 Å². The van der Waals surface area contributed by atoms with Crippen molar-refractivity contribution >= 4 is 15.5 Å². The van der Waals surface area contributed by atoms with Crippen LogP contribution in [0.3, 0.4) is 0 Å². The second kappa shape index (κ2) is 6.85. The van der Waals surface area contributed by atoms with Crippen LogP contribution in [0.15, 0.2) is 47.4 Å². The van der Waals surface area contributed by atoms with Gasteiger partial charge in [-0.1, -0.05) is 13.0 Å². The number of anilines is 1. The lowest BCUT2D eigenvalue weighted by Gasteiger charge is -2.31. The number of benzene rings is 2. The predicted molar refractivity (Wildman–Crippen MR) is 96.5 cm³/mol. The molecule has 1 aliphatic heterocycles. The van der Waals surface area contributed by atoms with Crippen molar-refractivity contribution in [3.05, 3.63) is 53.6 Å². The number of nitrogens with zero attached hydrogens (tertiary/aromatic N) is 1. The average Bonchev–Trinajstić information content (AvgIpc) is 2.58. The third kappa shape index (κ3) is 3.73. The highest BCUT2D eigenvalue weighted by Gasteiger charge is 2.18. The maximum atomic E-state index is 11.6. The Balaban J connectivity index is 1.75. The van der Waals surface area contributed by atoms with Crippen LogP contribution in [0.4, 0.5) is 5.69 Å². The maximum Gasteiger partial charge on any atom is 0.175 e. The number of ether oxygens (including phenoxy) is 1. The molecular weight excluding hydrogens is 322 g/mol. The van der Waals surface area contributed by atoms with Gasteiger partial charge in [-0.25, -0.2) is 8.42 Å². The molecule has 24 heavy (non-hydrogen) atoms. The quantitative estimate of drug-likeness (QED) is 0.833. The lowest BCUT2D eigenvalue weighted by atomic mass is 9.99. The molecule has 0 bridgehead atoms. The van der Waals surface area contributed by atoms with E-state index in [9.17, 15) is 8.42 Å². The van der Waals surface area contributed by atoms with E-state index in [4.69, 9.17) is 4.74 Å². The van der Waals surface area contributed by atoms with E-state index in [2.05, 4.69) is 24.0 Å². The van der Waals surface area contributed by atoms with Gasteiger partial charge in [-0.2, -0.15) is 0 Å². The molecule has 0 radical (unpaired) electrons. The minimum absolute atomic E-state index is 0.362. The Morgan fingerprint density at radius 3 is 2.50 bits per heavy atom. The lowest BCUT2D eigenvalue weighted by Crippen LogP contribution is -2.30. The van der Waals surface area contributed by atoms with Crippen LogP contribution in [0, 0.1) is 0 Å². The number of fused-ring (bicyclic) bond motifs is 1. The summed E-state index contributed by atoms with van der Waals surface area (Å²) in [5, 5.41) is 0. The van der Waals surface area contributed by atoms with Crippen molar-refractivity contribution in [1.82, 2.24) is 0 Å². The van der Waals surface area contributed by atoms with Crippen molar-refractivity contribution in [3.63, 3.8) is 0 Å². The molecule has 1 heterocycles. The Morgan fingerprint density at radius 1 is 1.08 bits per heavy atom. The normalized spacial score (nSPS) is 14.3. The van der Waals surface area contributed by atoms with Crippen LogP contribution in [0.1, 0.15) is 24.5 Å². The average molecular weight is 345 g/mol. The lowest BCUT2D eigenvalue weighted by molar-refractivity contribution is 0.317. The molecule has 1 aliphatic rings. The van der Waals surface area contributed by atoms with Gasteiger partial charge in [0, 0.05) is 25.0 Å². The van der Waals surface area contributed by atoms with Crippen LogP contribution < -0.4 is 9.64 Å². The van der Waals surface area contributed by atoms with E-state index >= 15 is 0 Å². The Hall–Kier alpha value is -2.01. The highest BCUT2D eigenvalue weighted by molar-refractivity contribution is 7.90. The minimum atomic E-state index is -3.14. The van der Waals surface area contributed by atoms with Crippen LogP contribution in [0.2, 0.25) is 0 Å². The molecule has 0 aliphatic carbocycles. The van der Waals surface area contributed by atoms with Gasteiger partial charge < -0.3 is 9.64 Å². The zero-order valence-electron chi connectivity index (χ0n) is 14.2. The molecule has 5 heteroatoms. The standard InChI is InChI=1S/C19H23NO3S/c1-3-12-23-18-7-4-16-14-20(11-10-15(16)13-18)17-5-8-19(9-6-17)24(2,21)22/h4-9,13H,3,10-12,14H2,1-2H3. The molecule has 0 aromatic heterocycles. The van der Waals surface area contributed by atoms with E-state index in [1.165, 1.54) is 17.4 Å². The summed E-state index contributed by atoms with van der Waals surface area (Å²) in [6.45, 7) is 4.60. The summed E-state index contributed by atoms with van der Waals surface area (Å²) in [6.07, 6.45) is 3.21. The monoisotopic (exact) mass is 345 g/mol. The fourth-order valence-electron chi connectivity index (χ4n) is 2.96. The summed E-state index contributed by atoms with van der Waals surface area (Å²) >= 11 is 0. The summed E-state index contributed by atoms with van der Waals surface area (Å²) < 4.78 is 28.8. The van der Waals surface area contributed by atoms with Crippen LogP contribution >= 0.6 is 0 Å². The fourth-order valence-corrected chi connectivity index (χ4v) is 3.59. The van der Waals surface area contributed by atoms with Gasteiger partial charge in [-0.3, -0.25) is 0 Å². The predicted octanol–water partition coefficient (Wildman–Crippen LogP) is 3.44. The van der Waals surface area contributed by atoms with E-state index in [1.54, 1.807) is 12.1 Å². The summed E-state index contributed by atoms with van der Waals surface area (Å²) in [5.74, 6) is 0.946. The summed E-state index contributed by atoms with van der Waals surface area (Å²) in [5.41, 5.74) is 3.70. The van der Waals surface area contributed by atoms with E-state index in [1.807, 2.05) is 18.2 Å². The van der Waals surface area contributed by atoms with Gasteiger partial charge in [0.25, 0.3) is 0 Å². The van der Waals surface area contributed by atoms with E-state index in [0.717, 1.165) is 44.0 Å². The molecule has 0 saturated carbocycles. The van der Waals surface area contributed by atoms with Crippen molar-refractivity contribution in [2.24, 2.45) is 0 Å². The van der Waals surface area contributed by atoms with Crippen molar-refractivity contribution in [3.8, 4) is 5.75 Å². The fraction of sp³-hybridized carbons (Fsp3) is 0.368. The molecule has 0 atom stereocenters. The van der Waals surface area contributed by atoms with Gasteiger partial charge >= 0.3 is 0 Å². The highest BCUT2D eigenvalue weighted by atomic mass is 32.2. The Bertz CT molecular complexity index is 813. The van der Waals surface area contributed by atoms with Crippen molar-refractivity contribution in [2.75, 3.05) is 24.3 Å². The summed E-state index contributed by atoms with van der Waals surface area (Å²) in [6, 6.07) is 13.5. The molecule has 128 valence electrons. The second-order valence-corrected chi connectivity index (χ2v) is 8.23. The molecule has 0 spiro atoms. The first-order chi connectivity index (χ1) is 11.5. The SMILES string of the molecule is CCCOc1ccc2c(c1)CCN(c1ccc(S(C)(=O)=O)cc1)C2. The third-order valence-corrected chi connectivity index (χ3v) is 5.42. The van der Waals surface area contributed by atoms with Crippen LogP contribution in [-0.4, -0.2) is 27.8 Å². The van der Waals surface area contributed by atoms with E-state index in [0.29, 0.717) is 4.90 Å². The molecule has 0 saturated heterocycles. The van der Waals surface area contributed by atoms with Gasteiger partial charge in [0.05, 0.1) is 11.5 Å². The Labute approximate surface area is 144 Å². The number of hydrogen-bond acceptors (Lipinski definition) is 4. The largest absolute Gasteiger partial charge is 0.494 e. The number of hydrogen-bond donors (Lipinski definition) is 0. The summed E-state index contributed by atoms with van der Waals surface area (Å²) in [4.78, 5) is 2.64. The van der Waals surface area contributed by atoms with Crippen molar-refractivity contribution < 1.29 is 13.2 Å². The van der Waals surface area contributed by atoms with Gasteiger partial charge in [0.15, 0.2) is 9.84 Å². The smallest absolute Gasteiger partial charge is 0.175 e. The van der Waals surface area contributed by atoms with Crippen LogP contribution in [0.25, 0.3) is 0 Å². The van der Waals surface area contributed by atoms with Crippen LogP contribution in [0.5, 0.6) is 5.75 Å². The molecule has 2 aromatic rings. The number of sulfone groups is 1. The molecule has 3 rings (SSSR count). The molecule has 0 fully saturated rings. The molecule has 0 N–H and O–H groups in total. The van der Waals surface area contributed by atoms with Crippen LogP contribution in [-0.2, 0) is 22.8 Å². The first-order valence-corrected chi connectivity index (χ1v) is 10.2. The van der Waals surface area contributed by atoms with Gasteiger partial charge in [0.1, 0.15) is 5.75 Å². The Morgan fingerprint density at radius 2 is 1.83 bits per heavy atom. The third-order valence-electron chi connectivity index (χ3n) is 4.29. The summed E-state index contributed by atoms with van der Waals surface area (Å²) in [7, 11) is -3.14. The second-order valence-electron chi connectivity index (χ2n) is 6.22. The molecule has 2 aromatic carbocycles. The molecular formula is C19H23NO3S. The van der Waals surface area contributed by atoms with Gasteiger partial charge in [0.2, 0.25) is 0 Å². The zero-order valence-corrected chi connectivity index (χ0v) is 15.0. The molecule has 0 unspecified atom stereocenters.